The molecule has 0 bridgehead atoms. The molecule has 0 spiro atoms. The van der Waals surface area contributed by atoms with Crippen molar-refractivity contribution in [3.63, 3.8) is 0 Å². The van der Waals surface area contributed by atoms with Crippen molar-refractivity contribution in [1.82, 2.24) is 4.98 Å². The first-order valence-electron chi connectivity index (χ1n) is 7.07. The van der Waals surface area contributed by atoms with Crippen molar-refractivity contribution >= 4 is 17.6 Å². The van der Waals surface area contributed by atoms with E-state index in [1.54, 1.807) is 12.1 Å². The summed E-state index contributed by atoms with van der Waals surface area (Å²) in [6.07, 6.45) is 2.03. The Kier molecular flexibility index (Phi) is 5.30. The maximum atomic E-state index is 12.2. The lowest BCUT2D eigenvalue weighted by molar-refractivity contribution is -0.123. The van der Waals surface area contributed by atoms with Crippen molar-refractivity contribution in [3.05, 3.63) is 53.9 Å². The number of pyridine rings is 1. The number of carbonyl (C=O) groups is 2. The number of carbonyl (C=O) groups excluding carboxylic acids is 2. The Balaban J connectivity index is 2.03. The Morgan fingerprint density at radius 3 is 2.52 bits per heavy atom. The predicted octanol–water partition coefficient (Wildman–Crippen LogP) is 2.58. The zero-order valence-electron chi connectivity index (χ0n) is 13.2. The van der Waals surface area contributed by atoms with Gasteiger partial charge in [-0.2, -0.15) is 0 Å². The minimum absolute atomic E-state index is 0.341. The molecule has 1 atom stereocenters. The molecular weight excluding hydrogens is 296 g/mol. The fourth-order valence-corrected chi connectivity index (χ4v) is 1.92. The molecular formula is C17H18N2O4. The van der Waals surface area contributed by atoms with Gasteiger partial charge in [-0.05, 0) is 43.7 Å². The second kappa shape index (κ2) is 7.40. The number of esters is 1. The third kappa shape index (κ3) is 4.29. The molecule has 0 unspecified atom stereocenters. The average molecular weight is 314 g/mol. The van der Waals surface area contributed by atoms with E-state index in [1.165, 1.54) is 38.6 Å². The molecule has 2 rings (SSSR count). The van der Waals surface area contributed by atoms with E-state index >= 15 is 0 Å². The van der Waals surface area contributed by atoms with E-state index in [9.17, 15) is 9.59 Å². The standard InChI is InChI=1S/C17H18N2O4/c1-11-4-5-15(22-3)14(10-11)19-16(20)12(2)23-17(21)13-6-8-18-9-7-13/h4-10,12H,1-3H3,(H,19,20)/t12-/m0/s1. The van der Waals surface area contributed by atoms with Gasteiger partial charge in [0.1, 0.15) is 5.75 Å². The molecule has 0 saturated carbocycles. The monoisotopic (exact) mass is 314 g/mol. The Hall–Kier alpha value is -2.89. The molecule has 1 aromatic heterocycles. The van der Waals surface area contributed by atoms with Crippen molar-refractivity contribution in [3.8, 4) is 5.75 Å². The molecule has 120 valence electrons. The normalized spacial score (nSPS) is 11.4. The van der Waals surface area contributed by atoms with E-state index in [4.69, 9.17) is 9.47 Å². The van der Waals surface area contributed by atoms with E-state index in [0.29, 0.717) is 17.0 Å². The molecule has 1 heterocycles. The minimum atomic E-state index is -0.944. The predicted molar refractivity (Wildman–Crippen MR) is 85.5 cm³/mol. The average Bonchev–Trinajstić information content (AvgIpc) is 2.55. The number of benzene rings is 1. The Morgan fingerprint density at radius 1 is 1.17 bits per heavy atom. The lowest BCUT2D eigenvalue weighted by atomic mass is 10.2. The number of methoxy groups -OCH3 is 1. The third-order valence-corrected chi connectivity index (χ3v) is 3.18. The highest BCUT2D eigenvalue weighted by Gasteiger charge is 2.20. The van der Waals surface area contributed by atoms with Crippen LogP contribution in [0.1, 0.15) is 22.8 Å². The maximum Gasteiger partial charge on any atom is 0.339 e. The highest BCUT2D eigenvalue weighted by molar-refractivity contribution is 5.98. The second-order valence-corrected chi connectivity index (χ2v) is 4.98. The Morgan fingerprint density at radius 2 is 1.87 bits per heavy atom. The van der Waals surface area contributed by atoms with Crippen LogP contribution in [-0.2, 0) is 9.53 Å². The van der Waals surface area contributed by atoms with Crippen LogP contribution in [0.25, 0.3) is 0 Å². The minimum Gasteiger partial charge on any atom is -0.495 e. The van der Waals surface area contributed by atoms with Gasteiger partial charge in [-0.1, -0.05) is 6.07 Å². The highest BCUT2D eigenvalue weighted by Crippen LogP contribution is 2.25. The molecule has 1 amide bonds. The van der Waals surface area contributed by atoms with E-state index in [1.807, 2.05) is 13.0 Å². The zero-order valence-corrected chi connectivity index (χ0v) is 13.2. The molecule has 0 saturated heterocycles. The van der Waals surface area contributed by atoms with E-state index in [2.05, 4.69) is 10.3 Å². The number of nitrogens with zero attached hydrogens (tertiary/aromatic N) is 1. The maximum absolute atomic E-state index is 12.2. The summed E-state index contributed by atoms with van der Waals surface area (Å²) < 4.78 is 10.4. The van der Waals surface area contributed by atoms with Crippen LogP contribution in [0, 0.1) is 6.92 Å². The van der Waals surface area contributed by atoms with Gasteiger partial charge < -0.3 is 14.8 Å². The summed E-state index contributed by atoms with van der Waals surface area (Å²) in [6.45, 7) is 3.42. The highest BCUT2D eigenvalue weighted by atomic mass is 16.5. The smallest absolute Gasteiger partial charge is 0.339 e. The van der Waals surface area contributed by atoms with Crippen LogP contribution in [0.3, 0.4) is 0 Å². The van der Waals surface area contributed by atoms with Gasteiger partial charge in [0, 0.05) is 12.4 Å². The molecule has 2 aromatic rings. The first kappa shape index (κ1) is 16.5. The largest absolute Gasteiger partial charge is 0.495 e. The van der Waals surface area contributed by atoms with Crippen LogP contribution in [0.2, 0.25) is 0 Å². The Bertz CT molecular complexity index is 701. The Labute approximate surface area is 134 Å². The summed E-state index contributed by atoms with van der Waals surface area (Å²) >= 11 is 0. The van der Waals surface area contributed by atoms with E-state index in [0.717, 1.165) is 5.56 Å². The number of hydrogen-bond donors (Lipinski definition) is 1. The fourth-order valence-electron chi connectivity index (χ4n) is 1.92. The fraction of sp³-hybridized carbons (Fsp3) is 0.235. The number of hydrogen-bond acceptors (Lipinski definition) is 5. The number of nitrogens with one attached hydrogen (secondary N) is 1. The first-order chi connectivity index (χ1) is 11.0. The van der Waals surface area contributed by atoms with Gasteiger partial charge in [-0.15, -0.1) is 0 Å². The van der Waals surface area contributed by atoms with Gasteiger partial charge in [0.2, 0.25) is 0 Å². The van der Waals surface area contributed by atoms with Gasteiger partial charge in [0.15, 0.2) is 6.10 Å². The number of rotatable bonds is 5. The quantitative estimate of drug-likeness (QED) is 0.858. The number of aromatic nitrogens is 1. The topological polar surface area (TPSA) is 77.5 Å². The molecule has 6 heteroatoms. The molecule has 1 aromatic carbocycles. The van der Waals surface area contributed by atoms with Crippen LogP contribution < -0.4 is 10.1 Å². The van der Waals surface area contributed by atoms with Crippen LogP contribution >= 0.6 is 0 Å². The number of aryl methyl sites for hydroxylation is 1. The van der Waals surface area contributed by atoms with Gasteiger partial charge in [-0.3, -0.25) is 9.78 Å². The number of amides is 1. The van der Waals surface area contributed by atoms with E-state index in [-0.39, 0.29) is 0 Å². The van der Waals surface area contributed by atoms with E-state index < -0.39 is 18.0 Å². The molecule has 0 fully saturated rings. The van der Waals surface area contributed by atoms with Crippen molar-refractivity contribution in [2.45, 2.75) is 20.0 Å². The van der Waals surface area contributed by atoms with Crippen LogP contribution in [0.15, 0.2) is 42.7 Å². The summed E-state index contributed by atoms with van der Waals surface area (Å²) in [6, 6.07) is 8.47. The molecule has 1 N–H and O–H groups in total. The summed E-state index contributed by atoms with van der Waals surface area (Å²) in [5.41, 5.74) is 1.85. The summed E-state index contributed by atoms with van der Waals surface area (Å²) in [5, 5.41) is 2.71. The van der Waals surface area contributed by atoms with Crippen molar-refractivity contribution in [2.75, 3.05) is 12.4 Å². The third-order valence-electron chi connectivity index (χ3n) is 3.18. The van der Waals surface area contributed by atoms with Crippen molar-refractivity contribution in [2.24, 2.45) is 0 Å². The molecule has 0 aliphatic carbocycles. The van der Waals surface area contributed by atoms with Crippen molar-refractivity contribution in [1.29, 1.82) is 0 Å². The summed E-state index contributed by atoms with van der Waals surface area (Å²) in [4.78, 5) is 28.0. The second-order valence-electron chi connectivity index (χ2n) is 4.98. The van der Waals surface area contributed by atoms with Crippen LogP contribution in [-0.4, -0.2) is 30.1 Å². The first-order valence-corrected chi connectivity index (χ1v) is 7.07. The molecule has 0 aliphatic heterocycles. The van der Waals surface area contributed by atoms with Crippen molar-refractivity contribution < 1.29 is 19.1 Å². The molecule has 23 heavy (non-hydrogen) atoms. The number of anilines is 1. The zero-order chi connectivity index (χ0) is 16.8. The lowest BCUT2D eigenvalue weighted by Gasteiger charge is -2.15. The van der Waals surface area contributed by atoms with Gasteiger partial charge in [0.05, 0.1) is 18.4 Å². The number of ether oxygens (including phenoxy) is 2. The van der Waals surface area contributed by atoms with Gasteiger partial charge >= 0.3 is 5.97 Å². The SMILES string of the molecule is COc1ccc(C)cc1NC(=O)[C@H](C)OC(=O)c1ccncc1. The molecule has 6 nitrogen and oxygen atoms in total. The van der Waals surface area contributed by atoms with Crippen LogP contribution in [0.5, 0.6) is 5.75 Å². The van der Waals surface area contributed by atoms with Gasteiger partial charge in [0.25, 0.3) is 5.91 Å². The molecule has 0 aliphatic rings. The summed E-state index contributed by atoms with van der Waals surface area (Å²) in [5.74, 6) is -0.473. The summed E-state index contributed by atoms with van der Waals surface area (Å²) in [7, 11) is 1.52. The molecule has 0 radical (unpaired) electrons. The van der Waals surface area contributed by atoms with Crippen LogP contribution in [0.4, 0.5) is 5.69 Å². The lowest BCUT2D eigenvalue weighted by Crippen LogP contribution is -2.30. The van der Waals surface area contributed by atoms with Gasteiger partial charge in [-0.25, -0.2) is 4.79 Å².